The summed E-state index contributed by atoms with van der Waals surface area (Å²) in [5, 5.41) is 8.61. The number of halogens is 1. The maximum absolute atomic E-state index is 13.7. The van der Waals surface area contributed by atoms with Gasteiger partial charge in [-0.15, -0.1) is 0 Å². The van der Waals surface area contributed by atoms with Gasteiger partial charge in [-0.3, -0.25) is 4.79 Å². The normalized spacial score (nSPS) is 10.3. The van der Waals surface area contributed by atoms with Gasteiger partial charge in [-0.1, -0.05) is 13.8 Å². The maximum Gasteiger partial charge on any atom is 0.256 e. The van der Waals surface area contributed by atoms with E-state index in [2.05, 4.69) is 0 Å². The Morgan fingerprint density at radius 2 is 2.21 bits per heavy atom. The van der Waals surface area contributed by atoms with Gasteiger partial charge >= 0.3 is 0 Å². The molecule has 0 aliphatic heterocycles. The minimum Gasteiger partial charge on any atom is -0.399 e. The number of carbonyl (C=O) groups is 1. The smallest absolute Gasteiger partial charge is 0.256 e. The summed E-state index contributed by atoms with van der Waals surface area (Å²) in [4.78, 5) is 13.8. The average molecular weight is 263 g/mol. The van der Waals surface area contributed by atoms with Crippen LogP contribution >= 0.6 is 0 Å². The molecule has 0 bridgehead atoms. The second kappa shape index (κ2) is 6.74. The van der Waals surface area contributed by atoms with Gasteiger partial charge in [-0.25, -0.2) is 4.39 Å². The van der Waals surface area contributed by atoms with E-state index in [4.69, 9.17) is 11.0 Å². The van der Waals surface area contributed by atoms with Crippen molar-refractivity contribution < 1.29 is 9.18 Å². The van der Waals surface area contributed by atoms with Crippen LogP contribution in [0.5, 0.6) is 0 Å². The summed E-state index contributed by atoms with van der Waals surface area (Å²) >= 11 is 0. The zero-order chi connectivity index (χ0) is 14.4. The van der Waals surface area contributed by atoms with Crippen LogP contribution in [-0.2, 0) is 0 Å². The molecular formula is C14H18FN3O. The minimum atomic E-state index is -0.629. The van der Waals surface area contributed by atoms with Gasteiger partial charge in [0.1, 0.15) is 5.82 Å². The summed E-state index contributed by atoms with van der Waals surface area (Å²) in [6.07, 6.45) is 0.231. The molecule has 0 aliphatic carbocycles. The first-order valence-electron chi connectivity index (χ1n) is 6.17. The molecule has 102 valence electrons. The summed E-state index contributed by atoms with van der Waals surface area (Å²) in [5.74, 6) is -0.781. The molecule has 0 spiro atoms. The Balaban J connectivity index is 2.94. The number of anilines is 1. The van der Waals surface area contributed by atoms with Gasteiger partial charge < -0.3 is 10.6 Å². The number of hydrogen-bond acceptors (Lipinski definition) is 3. The summed E-state index contributed by atoms with van der Waals surface area (Å²) in [6, 6.07) is 6.00. The van der Waals surface area contributed by atoms with Crippen LogP contribution in [0.4, 0.5) is 10.1 Å². The van der Waals surface area contributed by atoms with Crippen LogP contribution in [0.3, 0.4) is 0 Å². The van der Waals surface area contributed by atoms with E-state index >= 15 is 0 Å². The molecule has 0 saturated carbocycles. The molecular weight excluding hydrogens is 245 g/mol. The van der Waals surface area contributed by atoms with Crippen LogP contribution in [0, 0.1) is 23.1 Å². The van der Waals surface area contributed by atoms with E-state index < -0.39 is 11.7 Å². The van der Waals surface area contributed by atoms with E-state index in [-0.39, 0.29) is 23.6 Å². The monoisotopic (exact) mass is 263 g/mol. The van der Waals surface area contributed by atoms with E-state index in [0.717, 1.165) is 6.07 Å². The van der Waals surface area contributed by atoms with E-state index in [1.54, 1.807) is 0 Å². The summed E-state index contributed by atoms with van der Waals surface area (Å²) in [6.45, 7) is 4.72. The standard InChI is InChI=1S/C14H18FN3O/c1-10(2)9-18(7-3-6-16)14(19)12-5-4-11(17)8-13(12)15/h4-5,8,10H,3,7,9,17H2,1-2H3. The first kappa shape index (κ1) is 15.0. The Hall–Kier alpha value is -2.09. The third-order valence-electron chi connectivity index (χ3n) is 2.59. The molecule has 5 heteroatoms. The predicted molar refractivity (Wildman–Crippen MR) is 71.8 cm³/mol. The Morgan fingerprint density at radius 3 is 2.74 bits per heavy atom. The van der Waals surface area contributed by atoms with Crippen molar-refractivity contribution in [3.63, 3.8) is 0 Å². The number of nitrogen functional groups attached to an aromatic ring is 1. The van der Waals surface area contributed by atoms with E-state index in [1.165, 1.54) is 17.0 Å². The van der Waals surface area contributed by atoms with Crippen molar-refractivity contribution in [2.75, 3.05) is 18.8 Å². The largest absolute Gasteiger partial charge is 0.399 e. The zero-order valence-electron chi connectivity index (χ0n) is 11.2. The molecule has 1 amide bonds. The number of nitrogens with two attached hydrogens (primary N) is 1. The molecule has 2 N–H and O–H groups in total. The van der Waals surface area contributed by atoms with Gasteiger partial charge in [0.2, 0.25) is 0 Å². The molecule has 1 rings (SSSR count). The van der Waals surface area contributed by atoms with Crippen LogP contribution in [0.2, 0.25) is 0 Å². The highest BCUT2D eigenvalue weighted by molar-refractivity contribution is 5.94. The molecule has 0 saturated heterocycles. The molecule has 1 aromatic rings. The van der Waals surface area contributed by atoms with Gasteiger partial charge in [0, 0.05) is 18.8 Å². The van der Waals surface area contributed by atoms with Crippen molar-refractivity contribution in [2.45, 2.75) is 20.3 Å². The lowest BCUT2D eigenvalue weighted by atomic mass is 10.1. The lowest BCUT2D eigenvalue weighted by molar-refractivity contribution is 0.0735. The SMILES string of the molecule is CC(C)CN(CCC#N)C(=O)c1ccc(N)cc1F. The van der Waals surface area contributed by atoms with Crippen molar-refractivity contribution >= 4 is 11.6 Å². The summed E-state index contributed by atoms with van der Waals surface area (Å²) in [7, 11) is 0. The molecule has 0 aliphatic rings. The molecule has 0 fully saturated rings. The fourth-order valence-electron chi connectivity index (χ4n) is 1.78. The highest BCUT2D eigenvalue weighted by Gasteiger charge is 2.19. The van der Waals surface area contributed by atoms with Crippen molar-refractivity contribution in [3.8, 4) is 6.07 Å². The zero-order valence-corrected chi connectivity index (χ0v) is 11.2. The molecule has 1 aromatic carbocycles. The lowest BCUT2D eigenvalue weighted by Crippen LogP contribution is -2.35. The van der Waals surface area contributed by atoms with Crippen LogP contribution in [0.15, 0.2) is 18.2 Å². The second-order valence-corrected chi connectivity index (χ2v) is 4.79. The van der Waals surface area contributed by atoms with Gasteiger partial charge in [-0.05, 0) is 24.1 Å². The predicted octanol–water partition coefficient (Wildman–Crippen LogP) is 2.42. The average Bonchev–Trinajstić information content (AvgIpc) is 2.33. The first-order valence-corrected chi connectivity index (χ1v) is 6.17. The molecule has 0 aromatic heterocycles. The van der Waals surface area contributed by atoms with E-state index in [1.807, 2.05) is 19.9 Å². The number of carbonyl (C=O) groups excluding carboxylic acids is 1. The van der Waals surface area contributed by atoms with Gasteiger partial charge in [0.05, 0.1) is 18.1 Å². The Morgan fingerprint density at radius 1 is 1.53 bits per heavy atom. The topological polar surface area (TPSA) is 70.1 Å². The van der Waals surface area contributed by atoms with Crippen molar-refractivity contribution in [2.24, 2.45) is 5.92 Å². The van der Waals surface area contributed by atoms with Crippen molar-refractivity contribution in [1.29, 1.82) is 5.26 Å². The quantitative estimate of drug-likeness (QED) is 0.829. The highest BCUT2D eigenvalue weighted by Crippen LogP contribution is 2.15. The second-order valence-electron chi connectivity index (χ2n) is 4.79. The van der Waals surface area contributed by atoms with Gasteiger partial charge in [0.15, 0.2) is 0 Å². The first-order chi connectivity index (χ1) is 8.95. The Kier molecular flexibility index (Phi) is 5.31. The number of nitrogens with zero attached hydrogens (tertiary/aromatic N) is 2. The fourth-order valence-corrected chi connectivity index (χ4v) is 1.78. The number of hydrogen-bond donors (Lipinski definition) is 1. The molecule has 0 heterocycles. The summed E-state index contributed by atoms with van der Waals surface area (Å²) < 4.78 is 13.7. The van der Waals surface area contributed by atoms with Gasteiger partial charge in [0.25, 0.3) is 5.91 Å². The maximum atomic E-state index is 13.7. The molecule has 0 unspecified atom stereocenters. The number of rotatable bonds is 5. The van der Waals surface area contributed by atoms with Crippen LogP contribution in [-0.4, -0.2) is 23.9 Å². The molecule has 19 heavy (non-hydrogen) atoms. The highest BCUT2D eigenvalue weighted by atomic mass is 19.1. The Bertz CT molecular complexity index is 494. The number of benzene rings is 1. The van der Waals surface area contributed by atoms with E-state index in [0.29, 0.717) is 13.1 Å². The number of amides is 1. The molecule has 0 atom stereocenters. The third kappa shape index (κ3) is 4.25. The molecule has 4 nitrogen and oxygen atoms in total. The Labute approximate surface area is 112 Å². The van der Waals surface area contributed by atoms with Crippen LogP contribution < -0.4 is 5.73 Å². The molecule has 0 radical (unpaired) electrons. The van der Waals surface area contributed by atoms with Gasteiger partial charge in [-0.2, -0.15) is 5.26 Å². The van der Waals surface area contributed by atoms with Crippen molar-refractivity contribution in [3.05, 3.63) is 29.6 Å². The van der Waals surface area contributed by atoms with Crippen molar-refractivity contribution in [1.82, 2.24) is 4.90 Å². The third-order valence-corrected chi connectivity index (χ3v) is 2.59. The lowest BCUT2D eigenvalue weighted by Gasteiger charge is -2.24. The number of nitriles is 1. The van der Waals surface area contributed by atoms with Crippen LogP contribution in [0.25, 0.3) is 0 Å². The van der Waals surface area contributed by atoms with Crippen LogP contribution in [0.1, 0.15) is 30.6 Å². The fraction of sp³-hybridized carbons (Fsp3) is 0.429. The summed E-state index contributed by atoms with van der Waals surface area (Å²) in [5.41, 5.74) is 5.73. The minimum absolute atomic E-state index is 0.00668. The van der Waals surface area contributed by atoms with E-state index in [9.17, 15) is 9.18 Å².